The van der Waals surface area contributed by atoms with E-state index in [1.165, 1.54) is 18.2 Å². The number of para-hydroxylation sites is 1. The van der Waals surface area contributed by atoms with Crippen LogP contribution in [0.25, 0.3) is 0 Å². The van der Waals surface area contributed by atoms with E-state index >= 15 is 0 Å². The van der Waals surface area contributed by atoms with E-state index in [9.17, 15) is 13.2 Å². The summed E-state index contributed by atoms with van der Waals surface area (Å²) < 4.78 is 43.6. The van der Waals surface area contributed by atoms with Gasteiger partial charge in [-0.1, -0.05) is 19.1 Å². The molecule has 0 saturated carbocycles. The fraction of sp³-hybridized carbons (Fsp3) is 0.462. The monoisotopic (exact) mass is 245 g/mol. The first-order valence-electron chi connectivity index (χ1n) is 5.41. The topological polar surface area (TPSA) is 9.23 Å². The molecule has 0 fully saturated rings. The van der Waals surface area contributed by atoms with Crippen LogP contribution in [0.15, 0.2) is 24.3 Å². The van der Waals surface area contributed by atoms with Crippen LogP contribution >= 0.6 is 0 Å². The Balaban J connectivity index is 2.99. The van der Waals surface area contributed by atoms with Crippen molar-refractivity contribution in [3.8, 4) is 5.75 Å². The van der Waals surface area contributed by atoms with Gasteiger partial charge in [-0.25, -0.2) is 0 Å². The Labute approximate surface area is 99.6 Å². The standard InChI is InChI=1S/C13H16F3O/c1-4-9-12(2,3)17-11-8-6-5-7-10(11)13(14,15)16/h5-8H,1,4,9H2,2-3H3. The molecule has 0 bridgehead atoms. The van der Waals surface area contributed by atoms with Crippen LogP contribution < -0.4 is 4.74 Å². The van der Waals surface area contributed by atoms with Crippen molar-refractivity contribution in [1.29, 1.82) is 0 Å². The lowest BCUT2D eigenvalue weighted by atomic mass is 10.0. The zero-order valence-corrected chi connectivity index (χ0v) is 9.97. The predicted molar refractivity (Wildman–Crippen MR) is 60.7 cm³/mol. The van der Waals surface area contributed by atoms with Gasteiger partial charge >= 0.3 is 6.18 Å². The summed E-state index contributed by atoms with van der Waals surface area (Å²) in [6.07, 6.45) is -3.18. The number of hydrogen-bond acceptors (Lipinski definition) is 1. The van der Waals surface area contributed by atoms with Gasteiger partial charge in [-0.15, -0.1) is 0 Å². The van der Waals surface area contributed by atoms with Crippen LogP contribution in [-0.2, 0) is 6.18 Å². The molecule has 0 atom stereocenters. The normalized spacial score (nSPS) is 12.6. The number of halogens is 3. The van der Waals surface area contributed by atoms with E-state index in [1.807, 2.05) is 0 Å². The van der Waals surface area contributed by atoms with Crippen LogP contribution in [-0.4, -0.2) is 5.60 Å². The maximum atomic E-state index is 12.7. The SMILES string of the molecule is [CH2]CCC(C)(C)Oc1ccccc1C(F)(F)F. The molecule has 1 aromatic rings. The van der Waals surface area contributed by atoms with Crippen LogP contribution in [0.2, 0.25) is 0 Å². The van der Waals surface area contributed by atoms with Gasteiger partial charge < -0.3 is 4.74 Å². The summed E-state index contributed by atoms with van der Waals surface area (Å²) in [5, 5.41) is 0. The molecular weight excluding hydrogens is 229 g/mol. The van der Waals surface area contributed by atoms with E-state index < -0.39 is 17.3 Å². The van der Waals surface area contributed by atoms with Crippen molar-refractivity contribution in [3.05, 3.63) is 36.8 Å². The Kier molecular flexibility index (Phi) is 4.07. The van der Waals surface area contributed by atoms with Crippen molar-refractivity contribution in [2.75, 3.05) is 0 Å². The van der Waals surface area contributed by atoms with E-state index in [1.54, 1.807) is 13.8 Å². The Morgan fingerprint density at radius 2 is 1.76 bits per heavy atom. The quantitative estimate of drug-likeness (QED) is 0.760. The van der Waals surface area contributed by atoms with E-state index in [-0.39, 0.29) is 5.75 Å². The number of rotatable bonds is 4. The molecule has 17 heavy (non-hydrogen) atoms. The predicted octanol–water partition coefficient (Wildman–Crippen LogP) is 4.48. The molecule has 1 aromatic carbocycles. The summed E-state index contributed by atoms with van der Waals surface area (Å²) in [5.41, 5.74) is -1.39. The lowest BCUT2D eigenvalue weighted by Crippen LogP contribution is -2.28. The zero-order chi connectivity index (χ0) is 13.1. The molecular formula is C13H16F3O. The van der Waals surface area contributed by atoms with E-state index in [2.05, 4.69) is 6.92 Å². The number of benzene rings is 1. The zero-order valence-electron chi connectivity index (χ0n) is 9.97. The highest BCUT2D eigenvalue weighted by Crippen LogP contribution is 2.37. The summed E-state index contributed by atoms with van der Waals surface area (Å²) in [6.45, 7) is 7.19. The molecule has 1 radical (unpaired) electrons. The van der Waals surface area contributed by atoms with Crippen LogP contribution in [0, 0.1) is 6.92 Å². The third-order valence-electron chi connectivity index (χ3n) is 2.36. The third kappa shape index (κ3) is 3.95. The first kappa shape index (κ1) is 13.9. The number of alkyl halides is 3. The summed E-state index contributed by atoms with van der Waals surface area (Å²) in [7, 11) is 0. The third-order valence-corrected chi connectivity index (χ3v) is 2.36. The lowest BCUT2D eigenvalue weighted by molar-refractivity contribution is -0.139. The van der Waals surface area contributed by atoms with E-state index in [0.717, 1.165) is 6.07 Å². The molecule has 0 amide bonds. The molecule has 0 N–H and O–H groups in total. The highest BCUT2D eigenvalue weighted by Gasteiger charge is 2.35. The van der Waals surface area contributed by atoms with Gasteiger partial charge in [-0.2, -0.15) is 13.2 Å². The van der Waals surface area contributed by atoms with Crippen LogP contribution in [0.1, 0.15) is 32.3 Å². The van der Waals surface area contributed by atoms with Gasteiger partial charge in [0.1, 0.15) is 11.4 Å². The second kappa shape index (κ2) is 4.98. The highest BCUT2D eigenvalue weighted by molar-refractivity contribution is 5.36. The fourth-order valence-electron chi connectivity index (χ4n) is 1.56. The Morgan fingerprint density at radius 1 is 1.18 bits per heavy atom. The van der Waals surface area contributed by atoms with Crippen LogP contribution in [0.5, 0.6) is 5.75 Å². The molecule has 95 valence electrons. The second-order valence-electron chi connectivity index (χ2n) is 4.46. The van der Waals surface area contributed by atoms with Crippen molar-refractivity contribution >= 4 is 0 Å². The van der Waals surface area contributed by atoms with Gasteiger partial charge in [0, 0.05) is 0 Å². The molecule has 1 rings (SSSR count). The van der Waals surface area contributed by atoms with Gasteiger partial charge in [-0.05, 0) is 38.8 Å². The molecule has 0 heterocycles. The number of hydrogen-bond donors (Lipinski definition) is 0. The van der Waals surface area contributed by atoms with Crippen molar-refractivity contribution in [2.45, 2.75) is 38.5 Å². The molecule has 0 aromatic heterocycles. The summed E-state index contributed by atoms with van der Waals surface area (Å²) in [5.74, 6) is -0.126. The smallest absolute Gasteiger partial charge is 0.419 e. The molecule has 4 heteroatoms. The summed E-state index contributed by atoms with van der Waals surface area (Å²) in [4.78, 5) is 0. The van der Waals surface area contributed by atoms with Crippen molar-refractivity contribution < 1.29 is 17.9 Å². The fourth-order valence-corrected chi connectivity index (χ4v) is 1.56. The molecule has 0 saturated heterocycles. The molecule has 0 unspecified atom stereocenters. The van der Waals surface area contributed by atoms with Gasteiger partial charge in [0.2, 0.25) is 0 Å². The van der Waals surface area contributed by atoms with Crippen molar-refractivity contribution in [3.63, 3.8) is 0 Å². The first-order chi connectivity index (χ1) is 7.76. The molecule has 1 nitrogen and oxygen atoms in total. The molecule has 0 aliphatic heterocycles. The van der Waals surface area contributed by atoms with Gasteiger partial charge in [0.25, 0.3) is 0 Å². The second-order valence-corrected chi connectivity index (χ2v) is 4.46. The maximum Gasteiger partial charge on any atom is 0.419 e. The molecule has 0 aliphatic rings. The Morgan fingerprint density at radius 3 is 2.29 bits per heavy atom. The maximum absolute atomic E-state index is 12.7. The summed E-state index contributed by atoms with van der Waals surface area (Å²) in [6, 6.07) is 5.25. The van der Waals surface area contributed by atoms with E-state index in [0.29, 0.717) is 12.8 Å². The van der Waals surface area contributed by atoms with Gasteiger partial charge in [-0.3, -0.25) is 0 Å². The van der Waals surface area contributed by atoms with Gasteiger partial charge in [0.15, 0.2) is 0 Å². The Bertz CT molecular complexity index is 369. The van der Waals surface area contributed by atoms with Crippen molar-refractivity contribution in [1.82, 2.24) is 0 Å². The van der Waals surface area contributed by atoms with E-state index in [4.69, 9.17) is 4.74 Å². The largest absolute Gasteiger partial charge is 0.487 e. The molecule has 0 aliphatic carbocycles. The average molecular weight is 245 g/mol. The van der Waals surface area contributed by atoms with Crippen LogP contribution in [0.4, 0.5) is 13.2 Å². The van der Waals surface area contributed by atoms with Gasteiger partial charge in [0.05, 0.1) is 5.56 Å². The lowest BCUT2D eigenvalue weighted by Gasteiger charge is -2.27. The van der Waals surface area contributed by atoms with Crippen molar-refractivity contribution in [2.24, 2.45) is 0 Å². The minimum atomic E-state index is -4.39. The minimum Gasteiger partial charge on any atom is -0.487 e. The average Bonchev–Trinajstić information content (AvgIpc) is 2.15. The van der Waals surface area contributed by atoms with Crippen LogP contribution in [0.3, 0.4) is 0 Å². The Hall–Kier alpha value is -1.19. The minimum absolute atomic E-state index is 0.126. The number of ether oxygens (including phenoxy) is 1. The highest BCUT2D eigenvalue weighted by atomic mass is 19.4. The first-order valence-corrected chi connectivity index (χ1v) is 5.41. The molecule has 0 spiro atoms. The summed E-state index contributed by atoms with van der Waals surface area (Å²) >= 11 is 0.